The molecule has 2 aromatic carbocycles. The van der Waals surface area contributed by atoms with Crippen molar-refractivity contribution in [3.63, 3.8) is 0 Å². The zero-order chi connectivity index (χ0) is 28.1. The topological polar surface area (TPSA) is 108 Å². The molecule has 0 spiro atoms. The first-order chi connectivity index (χ1) is 18.0. The van der Waals surface area contributed by atoms with Gasteiger partial charge in [0.2, 0.25) is 11.8 Å². The summed E-state index contributed by atoms with van der Waals surface area (Å²) < 4.78 is 5.32. The number of phenolic OH excluding ortho intramolecular Hbond substituents is 1. The minimum atomic E-state index is -1.08. The van der Waals surface area contributed by atoms with Gasteiger partial charge in [-0.15, -0.1) is 0 Å². The van der Waals surface area contributed by atoms with Crippen molar-refractivity contribution in [3.8, 4) is 5.75 Å². The van der Waals surface area contributed by atoms with Gasteiger partial charge in [0, 0.05) is 18.7 Å². The van der Waals surface area contributed by atoms with Crippen LogP contribution in [0.3, 0.4) is 0 Å². The number of phenols is 1. The molecule has 2 atom stereocenters. The molecular weight excluding hydrogens is 482 g/mol. The van der Waals surface area contributed by atoms with Crippen LogP contribution >= 0.6 is 0 Å². The fourth-order valence-corrected chi connectivity index (χ4v) is 4.10. The van der Waals surface area contributed by atoms with Crippen LogP contribution in [0.25, 0.3) is 0 Å². The van der Waals surface area contributed by atoms with Crippen molar-refractivity contribution < 1.29 is 24.2 Å². The predicted molar refractivity (Wildman–Crippen MR) is 148 cm³/mol. The fraction of sp³-hybridized carbons (Fsp3) is 0.500. The van der Waals surface area contributed by atoms with Gasteiger partial charge in [-0.3, -0.25) is 9.59 Å². The van der Waals surface area contributed by atoms with Crippen LogP contribution in [0, 0.1) is 0 Å². The van der Waals surface area contributed by atoms with Crippen LogP contribution < -0.4 is 10.6 Å². The SMILES string of the molecule is CCCCCCCN(C(=O)C(C)NC(=O)OC(C)(C)C)C(C(=O)NCc1ccccc1)c1ccccc1O. The van der Waals surface area contributed by atoms with Crippen molar-refractivity contribution in [1.29, 1.82) is 0 Å². The zero-order valence-corrected chi connectivity index (χ0v) is 23.3. The van der Waals surface area contributed by atoms with E-state index in [9.17, 15) is 19.5 Å². The summed E-state index contributed by atoms with van der Waals surface area (Å²) in [5, 5.41) is 16.2. The largest absolute Gasteiger partial charge is 0.508 e. The monoisotopic (exact) mass is 525 g/mol. The van der Waals surface area contributed by atoms with Gasteiger partial charge < -0.3 is 25.4 Å². The van der Waals surface area contributed by atoms with Crippen molar-refractivity contribution in [2.45, 2.75) is 91.0 Å². The van der Waals surface area contributed by atoms with Crippen LogP contribution in [0.5, 0.6) is 5.75 Å². The number of rotatable bonds is 13. The Labute approximate surface area is 226 Å². The maximum absolute atomic E-state index is 13.8. The summed E-state index contributed by atoms with van der Waals surface area (Å²) in [7, 11) is 0. The molecule has 2 unspecified atom stereocenters. The minimum Gasteiger partial charge on any atom is -0.508 e. The highest BCUT2D eigenvalue weighted by atomic mass is 16.6. The number of carbonyl (C=O) groups excluding carboxylic acids is 3. The molecule has 0 radical (unpaired) electrons. The smallest absolute Gasteiger partial charge is 0.408 e. The highest BCUT2D eigenvalue weighted by Gasteiger charge is 2.35. The van der Waals surface area contributed by atoms with Crippen molar-refractivity contribution >= 4 is 17.9 Å². The number of nitrogens with zero attached hydrogens (tertiary/aromatic N) is 1. The normalized spacial score (nSPS) is 12.8. The number of hydrogen-bond acceptors (Lipinski definition) is 5. The summed E-state index contributed by atoms with van der Waals surface area (Å²) in [6.45, 7) is 9.49. The average molecular weight is 526 g/mol. The Balaban J connectivity index is 2.35. The third-order valence-corrected chi connectivity index (χ3v) is 5.99. The molecule has 8 heteroatoms. The Bertz CT molecular complexity index is 1040. The zero-order valence-electron chi connectivity index (χ0n) is 23.3. The number of carbonyl (C=O) groups is 3. The average Bonchev–Trinajstić information content (AvgIpc) is 2.86. The van der Waals surface area contributed by atoms with Crippen LogP contribution in [-0.4, -0.2) is 46.1 Å². The van der Waals surface area contributed by atoms with Gasteiger partial charge >= 0.3 is 6.09 Å². The number of aromatic hydroxyl groups is 1. The van der Waals surface area contributed by atoms with Crippen molar-refractivity contribution in [1.82, 2.24) is 15.5 Å². The van der Waals surface area contributed by atoms with E-state index in [2.05, 4.69) is 17.6 Å². The van der Waals surface area contributed by atoms with Crippen molar-refractivity contribution in [2.75, 3.05) is 6.54 Å². The van der Waals surface area contributed by atoms with Crippen LogP contribution in [0.1, 0.15) is 83.9 Å². The first-order valence-corrected chi connectivity index (χ1v) is 13.4. The predicted octanol–water partition coefficient (Wildman–Crippen LogP) is 5.46. The molecule has 2 rings (SSSR count). The second-order valence-electron chi connectivity index (χ2n) is 10.5. The van der Waals surface area contributed by atoms with Gasteiger partial charge in [-0.05, 0) is 45.7 Å². The lowest BCUT2D eigenvalue weighted by Crippen LogP contribution is -2.52. The van der Waals surface area contributed by atoms with Gasteiger partial charge in [0.25, 0.3) is 0 Å². The second kappa shape index (κ2) is 15.0. The lowest BCUT2D eigenvalue weighted by Gasteiger charge is -2.34. The highest BCUT2D eigenvalue weighted by molar-refractivity contribution is 5.92. The van der Waals surface area contributed by atoms with Gasteiger partial charge in [0.15, 0.2) is 0 Å². The molecule has 0 saturated heterocycles. The van der Waals surface area contributed by atoms with E-state index in [1.807, 2.05) is 30.3 Å². The molecule has 0 fully saturated rings. The Hall–Kier alpha value is -3.55. The number of benzene rings is 2. The third-order valence-electron chi connectivity index (χ3n) is 5.99. The van der Waals surface area contributed by atoms with Gasteiger partial charge in [0.1, 0.15) is 23.4 Å². The Morgan fingerprint density at radius 1 is 0.947 bits per heavy atom. The lowest BCUT2D eigenvalue weighted by atomic mass is 10.0. The molecule has 8 nitrogen and oxygen atoms in total. The molecule has 0 saturated carbocycles. The van der Waals surface area contributed by atoms with E-state index in [-0.39, 0.29) is 12.3 Å². The van der Waals surface area contributed by atoms with Crippen molar-refractivity contribution in [3.05, 3.63) is 65.7 Å². The molecule has 38 heavy (non-hydrogen) atoms. The maximum Gasteiger partial charge on any atom is 0.408 e. The van der Waals surface area contributed by atoms with E-state index in [0.29, 0.717) is 18.5 Å². The summed E-state index contributed by atoms with van der Waals surface area (Å²) in [5.74, 6) is -0.930. The number of para-hydroxylation sites is 1. The Morgan fingerprint density at radius 2 is 1.58 bits per heavy atom. The van der Waals surface area contributed by atoms with E-state index >= 15 is 0 Å². The summed E-state index contributed by atoms with van der Waals surface area (Å²) >= 11 is 0. The van der Waals surface area contributed by atoms with Crippen LogP contribution in [-0.2, 0) is 20.9 Å². The summed E-state index contributed by atoms with van der Waals surface area (Å²) in [4.78, 5) is 41.3. The lowest BCUT2D eigenvalue weighted by molar-refractivity contribution is -0.142. The molecule has 0 aliphatic heterocycles. The molecule has 0 bridgehead atoms. The van der Waals surface area contributed by atoms with Gasteiger partial charge in [-0.2, -0.15) is 0 Å². The maximum atomic E-state index is 13.8. The van der Waals surface area contributed by atoms with Crippen LogP contribution in [0.2, 0.25) is 0 Å². The van der Waals surface area contributed by atoms with E-state index in [1.54, 1.807) is 45.9 Å². The molecule has 3 amide bonds. The highest BCUT2D eigenvalue weighted by Crippen LogP contribution is 2.30. The Morgan fingerprint density at radius 3 is 2.21 bits per heavy atom. The quantitative estimate of drug-likeness (QED) is 0.301. The Kier molecular flexibility index (Phi) is 12.1. The van der Waals surface area contributed by atoms with Gasteiger partial charge in [-0.25, -0.2) is 4.79 Å². The molecule has 208 valence electrons. The molecule has 0 heterocycles. The summed E-state index contributed by atoms with van der Waals surface area (Å²) in [6, 6.07) is 14.0. The van der Waals surface area contributed by atoms with E-state index < -0.39 is 35.6 Å². The molecule has 0 aliphatic rings. The van der Waals surface area contributed by atoms with Gasteiger partial charge in [0.05, 0.1) is 0 Å². The summed E-state index contributed by atoms with van der Waals surface area (Å²) in [6.07, 6.45) is 4.05. The third kappa shape index (κ3) is 10.1. The van der Waals surface area contributed by atoms with Crippen LogP contribution in [0.15, 0.2) is 54.6 Å². The van der Waals surface area contributed by atoms with Crippen LogP contribution in [0.4, 0.5) is 4.79 Å². The fourth-order valence-electron chi connectivity index (χ4n) is 4.10. The molecule has 0 aliphatic carbocycles. The van der Waals surface area contributed by atoms with E-state index in [0.717, 1.165) is 31.2 Å². The number of amides is 3. The standard InChI is InChI=1S/C30H43N3O5/c1-6-7-8-9-15-20-33(28(36)22(2)32-29(37)38-30(3,4)5)26(24-18-13-14-19-25(24)34)27(35)31-21-23-16-11-10-12-17-23/h10-14,16-19,22,26,34H,6-9,15,20-21H2,1-5H3,(H,31,35)(H,32,37). The second-order valence-corrected chi connectivity index (χ2v) is 10.5. The van der Waals surface area contributed by atoms with Crippen molar-refractivity contribution in [2.24, 2.45) is 0 Å². The summed E-state index contributed by atoms with van der Waals surface area (Å²) in [5.41, 5.74) is 0.514. The number of hydrogen-bond donors (Lipinski definition) is 3. The number of ether oxygens (including phenoxy) is 1. The van der Waals surface area contributed by atoms with Gasteiger partial charge in [-0.1, -0.05) is 81.1 Å². The molecule has 2 aromatic rings. The molecule has 0 aromatic heterocycles. The number of unbranched alkanes of at least 4 members (excludes halogenated alkanes) is 4. The van der Waals surface area contributed by atoms with E-state index in [1.165, 1.54) is 11.0 Å². The first-order valence-electron chi connectivity index (χ1n) is 13.4. The molecular formula is C30H43N3O5. The number of nitrogens with one attached hydrogen (secondary N) is 2. The molecule has 3 N–H and O–H groups in total. The number of alkyl carbamates (subject to hydrolysis) is 1. The minimum absolute atomic E-state index is 0.0797. The first kappa shape index (κ1) is 30.7. The van der Waals surface area contributed by atoms with E-state index in [4.69, 9.17) is 4.74 Å².